The van der Waals surface area contributed by atoms with E-state index in [4.69, 9.17) is 5.73 Å². The van der Waals surface area contributed by atoms with Gasteiger partial charge in [-0.1, -0.05) is 0 Å². The smallest absolute Gasteiger partial charge is 0.337 e. The fraction of sp³-hybridized carbons (Fsp3) is 0.400. The van der Waals surface area contributed by atoms with Crippen molar-refractivity contribution in [2.75, 3.05) is 36.1 Å². The molecule has 1 amide bonds. The van der Waals surface area contributed by atoms with Crippen LogP contribution in [-0.2, 0) is 23.1 Å². The van der Waals surface area contributed by atoms with E-state index in [-0.39, 0.29) is 11.5 Å². The summed E-state index contributed by atoms with van der Waals surface area (Å²) < 4.78 is 6.70. The molecule has 1 fully saturated rings. The highest BCUT2D eigenvalue weighted by atomic mass is 16.5. The van der Waals surface area contributed by atoms with Crippen molar-refractivity contribution in [2.24, 2.45) is 7.05 Å². The van der Waals surface area contributed by atoms with Crippen molar-refractivity contribution in [3.05, 3.63) is 50.7 Å². The van der Waals surface area contributed by atoms with Crippen LogP contribution in [0.4, 0.5) is 17.2 Å². The van der Waals surface area contributed by atoms with Crippen LogP contribution in [0, 0.1) is 0 Å². The van der Waals surface area contributed by atoms with Crippen molar-refractivity contribution in [2.45, 2.75) is 25.8 Å². The minimum absolute atomic E-state index is 0.0990. The molecule has 2 aromatic rings. The number of benzene rings is 1. The zero-order chi connectivity index (χ0) is 21.8. The standard InChI is InChI=1S/C20H25N5O5/c1-23-17(21)16(24-10-4-3-5-11-24)18(27)25(20(23)29)12-15(26)22-14-8-6-13(7-9-14)19(28)30-2/h6-9H,3-5,10-12,21H2,1-2H3,(H,22,26). The number of nitrogen functional groups attached to an aromatic ring is 1. The van der Waals surface area contributed by atoms with E-state index < -0.39 is 29.7 Å². The van der Waals surface area contributed by atoms with Gasteiger partial charge >= 0.3 is 11.7 Å². The summed E-state index contributed by atoms with van der Waals surface area (Å²) >= 11 is 0. The summed E-state index contributed by atoms with van der Waals surface area (Å²) in [5.41, 5.74) is 5.84. The van der Waals surface area contributed by atoms with Gasteiger partial charge in [-0.25, -0.2) is 14.2 Å². The zero-order valence-corrected chi connectivity index (χ0v) is 17.0. The summed E-state index contributed by atoms with van der Waals surface area (Å²) in [5, 5.41) is 2.62. The molecule has 30 heavy (non-hydrogen) atoms. The highest BCUT2D eigenvalue weighted by molar-refractivity contribution is 5.93. The monoisotopic (exact) mass is 415 g/mol. The van der Waals surface area contributed by atoms with Crippen LogP contribution in [0.25, 0.3) is 0 Å². The quantitative estimate of drug-likeness (QED) is 0.682. The molecule has 10 heteroatoms. The Labute approximate surface area is 172 Å². The molecule has 1 aliphatic rings. The molecule has 0 aliphatic carbocycles. The van der Waals surface area contributed by atoms with Crippen LogP contribution in [0.15, 0.2) is 33.9 Å². The van der Waals surface area contributed by atoms with Gasteiger partial charge in [0, 0.05) is 25.8 Å². The Morgan fingerprint density at radius 3 is 2.33 bits per heavy atom. The number of carbonyl (C=O) groups is 2. The molecule has 0 unspecified atom stereocenters. The van der Waals surface area contributed by atoms with E-state index in [1.165, 1.54) is 43.0 Å². The van der Waals surface area contributed by atoms with Gasteiger partial charge in [-0.2, -0.15) is 0 Å². The maximum Gasteiger partial charge on any atom is 0.337 e. The number of esters is 1. The van der Waals surface area contributed by atoms with Crippen molar-refractivity contribution in [3.8, 4) is 0 Å². The minimum Gasteiger partial charge on any atom is -0.465 e. The van der Waals surface area contributed by atoms with E-state index in [2.05, 4.69) is 10.1 Å². The summed E-state index contributed by atoms with van der Waals surface area (Å²) in [6.45, 7) is 0.901. The lowest BCUT2D eigenvalue weighted by atomic mass is 10.1. The molecule has 1 aromatic heterocycles. The highest BCUT2D eigenvalue weighted by Crippen LogP contribution is 2.21. The Hall–Kier alpha value is -3.56. The Balaban J connectivity index is 1.84. The van der Waals surface area contributed by atoms with E-state index in [1.54, 1.807) is 0 Å². The second-order valence-corrected chi connectivity index (χ2v) is 7.13. The van der Waals surface area contributed by atoms with Crippen molar-refractivity contribution >= 4 is 29.1 Å². The molecule has 1 saturated heterocycles. The summed E-state index contributed by atoms with van der Waals surface area (Å²) in [4.78, 5) is 51.4. The molecule has 10 nitrogen and oxygen atoms in total. The molecular formula is C20H25N5O5. The number of ether oxygens (including phenoxy) is 1. The lowest BCUT2D eigenvalue weighted by Crippen LogP contribution is -2.46. The van der Waals surface area contributed by atoms with E-state index in [0.717, 1.165) is 23.8 Å². The average Bonchev–Trinajstić information content (AvgIpc) is 2.76. The molecule has 0 atom stereocenters. The first-order chi connectivity index (χ1) is 14.3. The number of piperidine rings is 1. The van der Waals surface area contributed by atoms with Gasteiger partial charge in [-0.15, -0.1) is 0 Å². The van der Waals surface area contributed by atoms with Gasteiger partial charge in [0.25, 0.3) is 5.56 Å². The van der Waals surface area contributed by atoms with Gasteiger partial charge < -0.3 is 20.7 Å². The lowest BCUT2D eigenvalue weighted by Gasteiger charge is -2.29. The zero-order valence-electron chi connectivity index (χ0n) is 17.0. The Bertz CT molecular complexity index is 1060. The highest BCUT2D eigenvalue weighted by Gasteiger charge is 2.23. The van der Waals surface area contributed by atoms with Crippen molar-refractivity contribution in [1.82, 2.24) is 9.13 Å². The van der Waals surface area contributed by atoms with Crippen LogP contribution in [0.5, 0.6) is 0 Å². The third kappa shape index (κ3) is 4.22. The molecule has 1 aromatic carbocycles. The number of aromatic nitrogens is 2. The molecule has 3 N–H and O–H groups in total. The van der Waals surface area contributed by atoms with E-state index >= 15 is 0 Å². The Morgan fingerprint density at radius 2 is 1.73 bits per heavy atom. The second kappa shape index (κ2) is 8.85. The molecule has 3 rings (SSSR count). The number of methoxy groups -OCH3 is 1. The second-order valence-electron chi connectivity index (χ2n) is 7.13. The third-order valence-corrected chi connectivity index (χ3v) is 5.13. The number of nitrogens with one attached hydrogen (secondary N) is 1. The molecule has 0 bridgehead atoms. The predicted octanol–water partition coefficient (Wildman–Crippen LogP) is 0.545. The van der Waals surface area contributed by atoms with E-state index in [1.807, 2.05) is 4.90 Å². The topological polar surface area (TPSA) is 129 Å². The third-order valence-electron chi connectivity index (χ3n) is 5.13. The Morgan fingerprint density at radius 1 is 1.10 bits per heavy atom. The number of amides is 1. The van der Waals surface area contributed by atoms with Gasteiger partial charge in [-0.05, 0) is 43.5 Å². The number of carbonyl (C=O) groups excluding carboxylic acids is 2. The number of hydrogen-bond acceptors (Lipinski definition) is 7. The minimum atomic E-state index is -0.658. The van der Waals surface area contributed by atoms with E-state index in [0.29, 0.717) is 24.3 Å². The van der Waals surface area contributed by atoms with Crippen molar-refractivity contribution in [1.29, 1.82) is 0 Å². The normalized spacial score (nSPS) is 13.7. The van der Waals surface area contributed by atoms with Crippen LogP contribution in [-0.4, -0.2) is 41.2 Å². The van der Waals surface area contributed by atoms with Crippen molar-refractivity contribution < 1.29 is 14.3 Å². The van der Waals surface area contributed by atoms with Crippen LogP contribution in [0.3, 0.4) is 0 Å². The number of anilines is 3. The molecule has 2 heterocycles. The van der Waals surface area contributed by atoms with Gasteiger partial charge in [0.15, 0.2) is 0 Å². The summed E-state index contributed by atoms with van der Waals surface area (Å²) in [5.74, 6) is -0.939. The van der Waals surface area contributed by atoms with Crippen LogP contribution >= 0.6 is 0 Å². The fourth-order valence-corrected chi connectivity index (χ4v) is 3.47. The van der Waals surface area contributed by atoms with Gasteiger partial charge in [-0.3, -0.25) is 14.2 Å². The summed E-state index contributed by atoms with van der Waals surface area (Å²) in [6.07, 6.45) is 2.95. The maximum absolute atomic E-state index is 13.0. The molecule has 0 radical (unpaired) electrons. The number of hydrogen-bond donors (Lipinski definition) is 2. The van der Waals surface area contributed by atoms with Gasteiger partial charge in [0.2, 0.25) is 5.91 Å². The summed E-state index contributed by atoms with van der Waals surface area (Å²) in [6, 6.07) is 6.08. The lowest BCUT2D eigenvalue weighted by molar-refractivity contribution is -0.116. The number of rotatable bonds is 5. The van der Waals surface area contributed by atoms with Crippen molar-refractivity contribution in [3.63, 3.8) is 0 Å². The molecular weight excluding hydrogens is 390 g/mol. The Kier molecular flexibility index (Phi) is 6.24. The predicted molar refractivity (Wildman–Crippen MR) is 113 cm³/mol. The number of nitrogens with two attached hydrogens (primary N) is 1. The van der Waals surface area contributed by atoms with Crippen LogP contribution in [0.2, 0.25) is 0 Å². The molecule has 160 valence electrons. The first-order valence-corrected chi connectivity index (χ1v) is 9.66. The summed E-state index contributed by atoms with van der Waals surface area (Å²) in [7, 11) is 2.76. The van der Waals surface area contributed by atoms with Gasteiger partial charge in [0.1, 0.15) is 18.1 Å². The van der Waals surface area contributed by atoms with E-state index in [9.17, 15) is 19.2 Å². The van der Waals surface area contributed by atoms with Crippen LogP contribution < -0.4 is 27.2 Å². The first-order valence-electron chi connectivity index (χ1n) is 9.66. The number of nitrogens with zero attached hydrogens (tertiary/aromatic N) is 3. The molecule has 0 saturated carbocycles. The molecule has 0 spiro atoms. The largest absolute Gasteiger partial charge is 0.465 e. The fourth-order valence-electron chi connectivity index (χ4n) is 3.47. The van der Waals surface area contributed by atoms with Gasteiger partial charge in [0.05, 0.1) is 12.7 Å². The molecule has 1 aliphatic heterocycles. The average molecular weight is 415 g/mol. The van der Waals surface area contributed by atoms with Crippen LogP contribution in [0.1, 0.15) is 29.6 Å². The maximum atomic E-state index is 13.0. The SMILES string of the molecule is COC(=O)c1ccc(NC(=O)Cn2c(=O)c(N3CCCCC3)c(N)n(C)c2=O)cc1. The first kappa shape index (κ1) is 21.2.